The Balaban J connectivity index is 2.67. The Labute approximate surface area is 109 Å². The van der Waals surface area contributed by atoms with Crippen LogP contribution in [0.15, 0.2) is 36.4 Å². The van der Waals surface area contributed by atoms with Gasteiger partial charge >= 0.3 is 0 Å². The van der Waals surface area contributed by atoms with Gasteiger partial charge in [-0.2, -0.15) is 0 Å². The number of benzene rings is 2. The molecule has 0 atom stereocenters. The van der Waals surface area contributed by atoms with Gasteiger partial charge < -0.3 is 4.74 Å². The van der Waals surface area contributed by atoms with Gasteiger partial charge in [0, 0.05) is 21.7 Å². The second kappa shape index (κ2) is 5.19. The third-order valence-corrected chi connectivity index (χ3v) is 2.91. The second-order valence-electron chi connectivity index (χ2n) is 3.70. The van der Waals surface area contributed by atoms with Gasteiger partial charge in [-0.25, -0.2) is 4.39 Å². The van der Waals surface area contributed by atoms with E-state index in [9.17, 15) is 9.18 Å². The molecule has 92 valence electrons. The first-order chi connectivity index (χ1) is 8.65. The minimum Gasteiger partial charge on any atom is -0.496 e. The van der Waals surface area contributed by atoms with E-state index in [0.29, 0.717) is 33.7 Å². The quantitative estimate of drug-likeness (QED) is 0.784. The molecule has 0 aromatic heterocycles. The smallest absolute Gasteiger partial charge is 0.150 e. The van der Waals surface area contributed by atoms with Crippen molar-refractivity contribution in [1.29, 1.82) is 0 Å². The molecule has 4 heteroatoms. The van der Waals surface area contributed by atoms with Gasteiger partial charge in [0.25, 0.3) is 0 Å². The van der Waals surface area contributed by atoms with E-state index >= 15 is 0 Å². The molecule has 0 spiro atoms. The largest absolute Gasteiger partial charge is 0.496 e. The van der Waals surface area contributed by atoms with Crippen LogP contribution >= 0.6 is 11.6 Å². The Morgan fingerprint density at radius 1 is 1.17 bits per heavy atom. The van der Waals surface area contributed by atoms with Crippen molar-refractivity contribution in [1.82, 2.24) is 0 Å². The zero-order valence-corrected chi connectivity index (χ0v) is 10.4. The summed E-state index contributed by atoms with van der Waals surface area (Å²) < 4.78 is 18.5. The first-order valence-electron chi connectivity index (χ1n) is 5.24. The molecule has 2 aromatic rings. The average Bonchev–Trinajstić information content (AvgIpc) is 2.39. The maximum absolute atomic E-state index is 13.3. The molecule has 0 saturated heterocycles. The molecule has 0 saturated carbocycles. The van der Waals surface area contributed by atoms with Crippen molar-refractivity contribution in [2.75, 3.05) is 7.11 Å². The SMILES string of the molecule is COc1ccc(F)cc1-c1cc(C=O)ccc1Cl. The summed E-state index contributed by atoms with van der Waals surface area (Å²) in [5.41, 5.74) is 1.56. The Morgan fingerprint density at radius 2 is 1.94 bits per heavy atom. The van der Waals surface area contributed by atoms with E-state index in [4.69, 9.17) is 16.3 Å². The van der Waals surface area contributed by atoms with E-state index in [0.717, 1.165) is 0 Å². The summed E-state index contributed by atoms with van der Waals surface area (Å²) in [6, 6.07) is 8.96. The van der Waals surface area contributed by atoms with Crippen LogP contribution in [-0.4, -0.2) is 13.4 Å². The lowest BCUT2D eigenvalue weighted by Crippen LogP contribution is -1.91. The van der Waals surface area contributed by atoms with E-state index in [-0.39, 0.29) is 0 Å². The number of carbonyl (C=O) groups excluding carboxylic acids is 1. The number of carbonyl (C=O) groups is 1. The molecule has 0 aliphatic rings. The lowest BCUT2D eigenvalue weighted by atomic mass is 10.0. The summed E-state index contributed by atoms with van der Waals surface area (Å²) in [5.74, 6) is 0.111. The van der Waals surface area contributed by atoms with Crippen molar-refractivity contribution in [2.24, 2.45) is 0 Å². The number of halogens is 2. The van der Waals surface area contributed by atoms with Crippen LogP contribution in [0.25, 0.3) is 11.1 Å². The average molecular weight is 265 g/mol. The number of rotatable bonds is 3. The number of hydrogen-bond donors (Lipinski definition) is 0. The van der Waals surface area contributed by atoms with Gasteiger partial charge in [0.1, 0.15) is 17.9 Å². The van der Waals surface area contributed by atoms with Gasteiger partial charge in [-0.1, -0.05) is 17.7 Å². The molecule has 0 aliphatic carbocycles. The Hall–Kier alpha value is -1.87. The monoisotopic (exact) mass is 264 g/mol. The highest BCUT2D eigenvalue weighted by Gasteiger charge is 2.11. The third-order valence-electron chi connectivity index (χ3n) is 2.58. The summed E-state index contributed by atoms with van der Waals surface area (Å²) in [5, 5.41) is 0.435. The molecular formula is C14H10ClFO2. The lowest BCUT2D eigenvalue weighted by molar-refractivity contribution is 0.112. The van der Waals surface area contributed by atoms with Crippen molar-refractivity contribution in [3.05, 3.63) is 52.8 Å². The first kappa shape index (κ1) is 12.6. The highest BCUT2D eigenvalue weighted by atomic mass is 35.5. The van der Waals surface area contributed by atoms with Gasteiger partial charge in [-0.15, -0.1) is 0 Å². The molecule has 2 aromatic carbocycles. The zero-order valence-electron chi connectivity index (χ0n) is 9.61. The maximum atomic E-state index is 13.3. The van der Waals surface area contributed by atoms with Crippen molar-refractivity contribution in [3.8, 4) is 16.9 Å². The predicted molar refractivity (Wildman–Crippen MR) is 68.8 cm³/mol. The molecule has 0 amide bonds. The molecule has 0 unspecified atom stereocenters. The van der Waals surface area contributed by atoms with Gasteiger partial charge in [-0.05, 0) is 30.3 Å². The van der Waals surface area contributed by atoms with Crippen molar-refractivity contribution < 1.29 is 13.9 Å². The van der Waals surface area contributed by atoms with Gasteiger partial charge in [0.15, 0.2) is 0 Å². The Morgan fingerprint density at radius 3 is 2.61 bits per heavy atom. The topological polar surface area (TPSA) is 26.3 Å². The summed E-state index contributed by atoms with van der Waals surface area (Å²) in [6.45, 7) is 0. The van der Waals surface area contributed by atoms with Crippen LogP contribution in [0, 0.1) is 5.82 Å². The van der Waals surface area contributed by atoms with Gasteiger partial charge in [0.2, 0.25) is 0 Å². The molecular weight excluding hydrogens is 255 g/mol. The van der Waals surface area contributed by atoms with Crippen LogP contribution in [0.5, 0.6) is 5.75 Å². The van der Waals surface area contributed by atoms with Crippen LogP contribution < -0.4 is 4.74 Å². The minimum atomic E-state index is -0.390. The normalized spacial score (nSPS) is 10.2. The van der Waals surface area contributed by atoms with Gasteiger partial charge in [0.05, 0.1) is 7.11 Å². The van der Waals surface area contributed by atoms with Crippen LogP contribution in [0.3, 0.4) is 0 Å². The van der Waals surface area contributed by atoms with Crippen LogP contribution in [0.4, 0.5) is 4.39 Å². The molecule has 18 heavy (non-hydrogen) atoms. The predicted octanol–water partition coefficient (Wildman–Crippen LogP) is 3.97. The molecule has 0 aliphatic heterocycles. The van der Waals surface area contributed by atoms with Crippen LogP contribution in [0.1, 0.15) is 10.4 Å². The van der Waals surface area contributed by atoms with Crippen molar-refractivity contribution in [3.63, 3.8) is 0 Å². The van der Waals surface area contributed by atoms with E-state index in [1.165, 1.54) is 25.3 Å². The summed E-state index contributed by atoms with van der Waals surface area (Å²) in [4.78, 5) is 10.8. The van der Waals surface area contributed by atoms with Crippen LogP contribution in [0.2, 0.25) is 5.02 Å². The second-order valence-corrected chi connectivity index (χ2v) is 4.11. The highest BCUT2D eigenvalue weighted by molar-refractivity contribution is 6.33. The van der Waals surface area contributed by atoms with E-state index < -0.39 is 5.82 Å². The first-order valence-corrected chi connectivity index (χ1v) is 5.62. The van der Waals surface area contributed by atoms with E-state index in [1.54, 1.807) is 18.2 Å². The molecule has 0 heterocycles. The highest BCUT2D eigenvalue weighted by Crippen LogP contribution is 2.35. The Kier molecular flexibility index (Phi) is 3.63. The van der Waals surface area contributed by atoms with E-state index in [2.05, 4.69) is 0 Å². The number of methoxy groups -OCH3 is 1. The molecule has 2 rings (SSSR count). The summed E-state index contributed by atoms with van der Waals surface area (Å²) >= 11 is 6.08. The molecule has 0 N–H and O–H groups in total. The standard InChI is InChI=1S/C14H10ClFO2/c1-18-14-5-3-10(16)7-12(14)11-6-9(8-17)2-4-13(11)15/h2-8H,1H3. The fourth-order valence-corrected chi connectivity index (χ4v) is 1.93. The van der Waals surface area contributed by atoms with E-state index in [1.807, 2.05) is 0 Å². The molecule has 0 fully saturated rings. The Bertz CT molecular complexity index is 596. The molecule has 0 radical (unpaired) electrons. The third kappa shape index (κ3) is 2.36. The molecule has 0 bridgehead atoms. The lowest BCUT2D eigenvalue weighted by Gasteiger charge is -2.10. The number of aldehydes is 1. The maximum Gasteiger partial charge on any atom is 0.150 e. The zero-order chi connectivity index (χ0) is 13.1. The van der Waals surface area contributed by atoms with Crippen molar-refractivity contribution in [2.45, 2.75) is 0 Å². The van der Waals surface area contributed by atoms with Crippen LogP contribution in [-0.2, 0) is 0 Å². The van der Waals surface area contributed by atoms with Gasteiger partial charge in [-0.3, -0.25) is 4.79 Å². The number of hydrogen-bond acceptors (Lipinski definition) is 2. The summed E-state index contributed by atoms with van der Waals surface area (Å²) in [7, 11) is 1.49. The summed E-state index contributed by atoms with van der Waals surface area (Å²) in [6.07, 6.45) is 0.714. The fraction of sp³-hybridized carbons (Fsp3) is 0.0714. The van der Waals surface area contributed by atoms with Crippen molar-refractivity contribution >= 4 is 17.9 Å². The number of ether oxygens (including phenoxy) is 1. The fourth-order valence-electron chi connectivity index (χ4n) is 1.71. The minimum absolute atomic E-state index is 0.390. The molecule has 2 nitrogen and oxygen atoms in total.